The molecule has 0 saturated heterocycles. The third kappa shape index (κ3) is 2.27. The summed E-state index contributed by atoms with van der Waals surface area (Å²) in [6.45, 7) is 0. The van der Waals surface area contributed by atoms with E-state index >= 15 is 0 Å². The Labute approximate surface area is 107 Å². The molecular formula is C16H17NO. The van der Waals surface area contributed by atoms with E-state index in [1.807, 2.05) is 24.4 Å². The van der Waals surface area contributed by atoms with Gasteiger partial charge >= 0.3 is 0 Å². The number of benzene rings is 1. The van der Waals surface area contributed by atoms with Gasteiger partial charge in [-0.15, -0.1) is 0 Å². The molecule has 0 atom stereocenters. The van der Waals surface area contributed by atoms with Crippen LogP contribution >= 0.6 is 0 Å². The van der Waals surface area contributed by atoms with E-state index in [2.05, 4.69) is 22.9 Å². The molecule has 0 spiro atoms. The van der Waals surface area contributed by atoms with Crippen molar-refractivity contribution in [2.45, 2.75) is 37.7 Å². The molecule has 1 saturated carbocycles. The van der Waals surface area contributed by atoms with E-state index in [1.165, 1.54) is 6.42 Å². The molecule has 0 bridgehead atoms. The molecular weight excluding hydrogens is 222 g/mol. The van der Waals surface area contributed by atoms with Crippen molar-refractivity contribution >= 4 is 10.9 Å². The number of aromatic amines is 1. The molecule has 1 aliphatic carbocycles. The molecule has 0 aliphatic heterocycles. The molecule has 1 aromatic heterocycles. The van der Waals surface area contributed by atoms with Crippen LogP contribution in [-0.2, 0) is 0 Å². The number of fused-ring (bicyclic) bond motifs is 1. The van der Waals surface area contributed by atoms with Crippen LogP contribution in [0.1, 0.15) is 37.7 Å². The van der Waals surface area contributed by atoms with Crippen LogP contribution in [-0.4, -0.2) is 15.7 Å². The lowest BCUT2D eigenvalue weighted by Gasteiger charge is -2.26. The Kier molecular flexibility index (Phi) is 2.85. The zero-order chi connectivity index (χ0) is 12.4. The lowest BCUT2D eigenvalue weighted by Crippen LogP contribution is -2.29. The minimum Gasteiger partial charge on any atom is -0.378 e. The van der Waals surface area contributed by atoms with E-state index in [-0.39, 0.29) is 0 Å². The highest BCUT2D eigenvalue weighted by Gasteiger charge is 2.26. The van der Waals surface area contributed by atoms with Crippen molar-refractivity contribution in [3.05, 3.63) is 36.0 Å². The summed E-state index contributed by atoms with van der Waals surface area (Å²) in [6, 6.07) is 8.13. The van der Waals surface area contributed by atoms with Gasteiger partial charge in [0.25, 0.3) is 0 Å². The normalized spacial score (nSPS) is 18.3. The summed E-state index contributed by atoms with van der Waals surface area (Å²) in [4.78, 5) is 3.16. The molecule has 92 valence electrons. The zero-order valence-corrected chi connectivity index (χ0v) is 10.4. The van der Waals surface area contributed by atoms with Crippen LogP contribution in [0.15, 0.2) is 30.5 Å². The Morgan fingerprint density at radius 3 is 2.78 bits per heavy atom. The predicted molar refractivity (Wildman–Crippen MR) is 73.2 cm³/mol. The molecule has 18 heavy (non-hydrogen) atoms. The quantitative estimate of drug-likeness (QED) is 0.680. The van der Waals surface area contributed by atoms with Gasteiger partial charge < -0.3 is 10.1 Å². The van der Waals surface area contributed by atoms with Crippen LogP contribution in [0.2, 0.25) is 0 Å². The van der Waals surface area contributed by atoms with Gasteiger partial charge in [0.05, 0.1) is 0 Å². The number of hydrogen-bond donors (Lipinski definition) is 2. The van der Waals surface area contributed by atoms with Gasteiger partial charge in [-0.2, -0.15) is 0 Å². The van der Waals surface area contributed by atoms with Crippen LogP contribution in [0.25, 0.3) is 10.9 Å². The molecule has 1 aliphatic rings. The molecule has 2 aromatic rings. The molecule has 2 heteroatoms. The maximum absolute atomic E-state index is 10.3. The van der Waals surface area contributed by atoms with Gasteiger partial charge in [0.15, 0.2) is 0 Å². The fourth-order valence-electron chi connectivity index (χ4n) is 2.58. The number of hydrogen-bond acceptors (Lipinski definition) is 1. The van der Waals surface area contributed by atoms with Crippen molar-refractivity contribution in [2.75, 3.05) is 0 Å². The van der Waals surface area contributed by atoms with Gasteiger partial charge in [0.1, 0.15) is 5.60 Å². The first-order valence-electron chi connectivity index (χ1n) is 6.58. The first-order chi connectivity index (χ1) is 8.75. The summed E-state index contributed by atoms with van der Waals surface area (Å²) in [5, 5.41) is 11.5. The number of aliphatic hydroxyl groups is 1. The van der Waals surface area contributed by atoms with Crippen molar-refractivity contribution in [3.8, 4) is 11.8 Å². The van der Waals surface area contributed by atoms with E-state index in [9.17, 15) is 5.11 Å². The highest BCUT2D eigenvalue weighted by Crippen LogP contribution is 2.27. The van der Waals surface area contributed by atoms with E-state index in [1.54, 1.807) is 0 Å². The summed E-state index contributed by atoms with van der Waals surface area (Å²) in [6.07, 6.45) is 6.94. The minimum absolute atomic E-state index is 0.759. The van der Waals surface area contributed by atoms with Crippen LogP contribution in [0.4, 0.5) is 0 Å². The van der Waals surface area contributed by atoms with Crippen LogP contribution in [0.3, 0.4) is 0 Å². The first kappa shape index (κ1) is 11.4. The summed E-state index contributed by atoms with van der Waals surface area (Å²) >= 11 is 0. The molecule has 0 radical (unpaired) electrons. The summed E-state index contributed by atoms with van der Waals surface area (Å²) < 4.78 is 0. The van der Waals surface area contributed by atoms with Crippen molar-refractivity contribution in [2.24, 2.45) is 0 Å². The number of nitrogens with one attached hydrogen (secondary N) is 1. The van der Waals surface area contributed by atoms with Crippen molar-refractivity contribution in [1.29, 1.82) is 0 Å². The van der Waals surface area contributed by atoms with E-state index in [0.717, 1.165) is 42.1 Å². The number of H-pyrrole nitrogens is 1. The average Bonchev–Trinajstić information content (AvgIpc) is 2.85. The van der Waals surface area contributed by atoms with Gasteiger partial charge in [0, 0.05) is 22.7 Å². The van der Waals surface area contributed by atoms with Crippen molar-refractivity contribution in [1.82, 2.24) is 4.98 Å². The largest absolute Gasteiger partial charge is 0.378 e. The second-order valence-corrected chi connectivity index (χ2v) is 5.12. The molecule has 2 nitrogen and oxygen atoms in total. The van der Waals surface area contributed by atoms with Gasteiger partial charge in [-0.3, -0.25) is 0 Å². The van der Waals surface area contributed by atoms with Crippen molar-refractivity contribution in [3.63, 3.8) is 0 Å². The fraction of sp³-hybridized carbons (Fsp3) is 0.375. The van der Waals surface area contributed by atoms with Crippen molar-refractivity contribution < 1.29 is 5.11 Å². The monoisotopic (exact) mass is 239 g/mol. The maximum Gasteiger partial charge on any atom is 0.125 e. The van der Waals surface area contributed by atoms with Crippen LogP contribution < -0.4 is 0 Å². The summed E-state index contributed by atoms with van der Waals surface area (Å²) in [7, 11) is 0. The van der Waals surface area contributed by atoms with Gasteiger partial charge in [-0.25, -0.2) is 0 Å². The van der Waals surface area contributed by atoms with Gasteiger partial charge in [-0.05, 0) is 49.9 Å². The number of rotatable bonds is 0. The average molecular weight is 239 g/mol. The van der Waals surface area contributed by atoms with E-state index in [0.29, 0.717) is 0 Å². The minimum atomic E-state index is -0.759. The van der Waals surface area contributed by atoms with E-state index in [4.69, 9.17) is 0 Å². The third-order valence-electron chi connectivity index (χ3n) is 3.67. The maximum atomic E-state index is 10.3. The third-order valence-corrected chi connectivity index (χ3v) is 3.67. The second kappa shape index (κ2) is 4.51. The molecule has 0 amide bonds. The Hall–Kier alpha value is -1.72. The highest BCUT2D eigenvalue weighted by molar-refractivity contribution is 5.80. The second-order valence-electron chi connectivity index (χ2n) is 5.12. The first-order valence-corrected chi connectivity index (χ1v) is 6.58. The molecule has 1 aromatic carbocycles. The lowest BCUT2D eigenvalue weighted by molar-refractivity contribution is 0.0610. The van der Waals surface area contributed by atoms with E-state index < -0.39 is 5.60 Å². The lowest BCUT2D eigenvalue weighted by atomic mass is 9.85. The molecule has 1 fully saturated rings. The molecule has 2 N–H and O–H groups in total. The van der Waals surface area contributed by atoms with Crippen LogP contribution in [0, 0.1) is 11.8 Å². The molecule has 1 heterocycles. The Morgan fingerprint density at radius 2 is 1.94 bits per heavy atom. The SMILES string of the molecule is OC1(C#Cc2ccc3[nH]ccc3c2)CCCCC1. The highest BCUT2D eigenvalue weighted by atomic mass is 16.3. The standard InChI is InChI=1S/C16H17NO/c18-16(8-2-1-3-9-16)10-6-13-4-5-15-14(12-13)7-11-17-15/h4-5,7,11-12,17-18H,1-3,8-9H2. The Morgan fingerprint density at radius 1 is 1.11 bits per heavy atom. The Balaban J connectivity index is 1.87. The number of aromatic nitrogens is 1. The topological polar surface area (TPSA) is 36.0 Å². The Bertz CT molecular complexity index is 609. The molecule has 0 unspecified atom stereocenters. The summed E-state index contributed by atoms with van der Waals surface area (Å²) in [5.74, 6) is 6.19. The fourth-order valence-corrected chi connectivity index (χ4v) is 2.58. The van der Waals surface area contributed by atoms with Gasteiger partial charge in [-0.1, -0.05) is 18.3 Å². The molecule has 3 rings (SSSR count). The van der Waals surface area contributed by atoms with Crippen LogP contribution in [0.5, 0.6) is 0 Å². The smallest absolute Gasteiger partial charge is 0.125 e. The predicted octanol–water partition coefficient (Wildman–Crippen LogP) is 3.21. The van der Waals surface area contributed by atoms with Gasteiger partial charge in [0.2, 0.25) is 0 Å². The summed E-state index contributed by atoms with van der Waals surface area (Å²) in [5.41, 5.74) is 1.34. The zero-order valence-electron chi connectivity index (χ0n) is 10.4.